The minimum absolute atomic E-state index is 0.0647. The van der Waals surface area contributed by atoms with Gasteiger partial charge in [-0.25, -0.2) is 0 Å². The second-order valence-electron chi connectivity index (χ2n) is 2.55. The standard InChI is InChI=1S/C9H14O3/c1-4-5-6-9(11)7(2)12-8(3)10/h4,7H,1,5-6H2,2-3H3/t7-/m0/s1. The van der Waals surface area contributed by atoms with E-state index in [0.29, 0.717) is 12.8 Å². The van der Waals surface area contributed by atoms with Gasteiger partial charge in [-0.1, -0.05) is 6.08 Å². The first-order chi connectivity index (χ1) is 5.57. The lowest BCUT2D eigenvalue weighted by Crippen LogP contribution is -2.22. The molecular formula is C9H14O3. The smallest absolute Gasteiger partial charge is 0.303 e. The van der Waals surface area contributed by atoms with Crippen LogP contribution in [0.2, 0.25) is 0 Å². The monoisotopic (exact) mass is 170 g/mol. The molecule has 0 unspecified atom stereocenters. The van der Waals surface area contributed by atoms with E-state index in [-0.39, 0.29) is 5.78 Å². The lowest BCUT2D eigenvalue weighted by molar-refractivity contribution is -0.151. The summed E-state index contributed by atoms with van der Waals surface area (Å²) in [4.78, 5) is 21.6. The molecule has 0 heterocycles. The fourth-order valence-electron chi connectivity index (χ4n) is 0.762. The van der Waals surface area contributed by atoms with E-state index in [9.17, 15) is 9.59 Å². The summed E-state index contributed by atoms with van der Waals surface area (Å²) in [5.41, 5.74) is 0. The Morgan fingerprint density at radius 2 is 2.17 bits per heavy atom. The molecule has 0 aliphatic rings. The third kappa shape index (κ3) is 4.66. The van der Waals surface area contributed by atoms with E-state index in [1.54, 1.807) is 13.0 Å². The van der Waals surface area contributed by atoms with E-state index in [1.807, 2.05) is 0 Å². The van der Waals surface area contributed by atoms with E-state index in [0.717, 1.165) is 0 Å². The van der Waals surface area contributed by atoms with E-state index >= 15 is 0 Å². The Kier molecular flexibility index (Phi) is 5.00. The van der Waals surface area contributed by atoms with Crippen molar-refractivity contribution >= 4 is 11.8 Å². The average Bonchev–Trinajstić information content (AvgIpc) is 1.98. The summed E-state index contributed by atoms with van der Waals surface area (Å²) in [6.45, 7) is 6.36. The molecule has 0 bridgehead atoms. The number of ether oxygens (including phenoxy) is 1. The van der Waals surface area contributed by atoms with E-state index < -0.39 is 12.1 Å². The Labute approximate surface area is 72.4 Å². The van der Waals surface area contributed by atoms with Gasteiger partial charge in [0.05, 0.1) is 0 Å². The fourth-order valence-corrected chi connectivity index (χ4v) is 0.762. The molecule has 3 heteroatoms. The minimum atomic E-state index is -0.623. The first kappa shape index (κ1) is 10.9. The number of allylic oxidation sites excluding steroid dienone is 1. The number of Topliss-reactive ketones (excluding diaryl/α,β-unsaturated/α-hetero) is 1. The fraction of sp³-hybridized carbons (Fsp3) is 0.556. The van der Waals surface area contributed by atoms with Gasteiger partial charge in [0.15, 0.2) is 11.9 Å². The number of esters is 1. The van der Waals surface area contributed by atoms with Gasteiger partial charge in [-0.05, 0) is 13.3 Å². The molecule has 0 aromatic carbocycles. The molecule has 0 aliphatic heterocycles. The van der Waals surface area contributed by atoms with Crippen molar-refractivity contribution in [3.63, 3.8) is 0 Å². The van der Waals surface area contributed by atoms with Crippen LogP contribution in [0.25, 0.3) is 0 Å². The maximum absolute atomic E-state index is 11.1. The van der Waals surface area contributed by atoms with Crippen LogP contribution < -0.4 is 0 Å². The Hall–Kier alpha value is -1.12. The summed E-state index contributed by atoms with van der Waals surface area (Å²) in [5.74, 6) is -0.487. The van der Waals surface area contributed by atoms with Crippen molar-refractivity contribution in [1.82, 2.24) is 0 Å². The molecule has 0 spiro atoms. The van der Waals surface area contributed by atoms with Crippen molar-refractivity contribution in [2.45, 2.75) is 32.8 Å². The van der Waals surface area contributed by atoms with Crippen molar-refractivity contribution in [3.8, 4) is 0 Å². The third-order valence-electron chi connectivity index (χ3n) is 1.39. The molecule has 68 valence electrons. The molecular weight excluding hydrogens is 156 g/mol. The van der Waals surface area contributed by atoms with Gasteiger partial charge in [0.25, 0.3) is 0 Å². The molecule has 0 N–H and O–H groups in total. The quantitative estimate of drug-likeness (QED) is 0.463. The zero-order chi connectivity index (χ0) is 9.56. The molecule has 12 heavy (non-hydrogen) atoms. The highest BCUT2D eigenvalue weighted by Gasteiger charge is 2.13. The van der Waals surface area contributed by atoms with Gasteiger partial charge >= 0.3 is 5.97 Å². The SMILES string of the molecule is C=CCCC(=O)[C@H](C)OC(C)=O. The normalized spacial score (nSPS) is 11.8. The molecule has 0 amide bonds. The highest BCUT2D eigenvalue weighted by atomic mass is 16.5. The lowest BCUT2D eigenvalue weighted by Gasteiger charge is -2.09. The van der Waals surface area contributed by atoms with Gasteiger partial charge < -0.3 is 4.74 Å². The number of hydrogen-bond donors (Lipinski definition) is 0. The Morgan fingerprint density at radius 1 is 1.58 bits per heavy atom. The molecule has 0 aliphatic carbocycles. The summed E-state index contributed by atoms with van der Waals surface area (Å²) < 4.78 is 4.69. The van der Waals surface area contributed by atoms with E-state index in [2.05, 4.69) is 11.3 Å². The lowest BCUT2D eigenvalue weighted by atomic mass is 10.1. The number of ketones is 1. The average molecular weight is 170 g/mol. The van der Waals surface area contributed by atoms with Crippen LogP contribution in [0.4, 0.5) is 0 Å². The van der Waals surface area contributed by atoms with Gasteiger partial charge in [0.1, 0.15) is 0 Å². The number of hydrogen-bond acceptors (Lipinski definition) is 3. The molecule has 0 saturated heterocycles. The maximum atomic E-state index is 11.1. The zero-order valence-corrected chi connectivity index (χ0v) is 7.50. The van der Waals surface area contributed by atoms with Crippen LogP contribution in [0.1, 0.15) is 26.7 Å². The van der Waals surface area contributed by atoms with Crippen molar-refractivity contribution in [1.29, 1.82) is 0 Å². The van der Waals surface area contributed by atoms with Gasteiger partial charge in [-0.2, -0.15) is 0 Å². The highest BCUT2D eigenvalue weighted by molar-refractivity contribution is 5.84. The van der Waals surface area contributed by atoms with Crippen LogP contribution in [-0.4, -0.2) is 17.9 Å². The van der Waals surface area contributed by atoms with Crippen LogP contribution in [0, 0.1) is 0 Å². The molecule has 0 aromatic rings. The molecule has 0 saturated carbocycles. The summed E-state index contributed by atoms with van der Waals surface area (Å²) in [6, 6.07) is 0. The van der Waals surface area contributed by atoms with Crippen LogP contribution in [0.15, 0.2) is 12.7 Å². The molecule has 0 fully saturated rings. The Bertz CT molecular complexity index is 184. The van der Waals surface area contributed by atoms with E-state index in [1.165, 1.54) is 6.92 Å². The zero-order valence-electron chi connectivity index (χ0n) is 7.50. The number of carbonyl (C=O) groups excluding carboxylic acids is 2. The minimum Gasteiger partial charge on any atom is -0.455 e. The molecule has 0 rings (SSSR count). The van der Waals surface area contributed by atoms with Gasteiger partial charge in [-0.15, -0.1) is 6.58 Å². The van der Waals surface area contributed by atoms with Gasteiger partial charge in [-0.3, -0.25) is 9.59 Å². The van der Waals surface area contributed by atoms with E-state index in [4.69, 9.17) is 0 Å². The summed E-state index contributed by atoms with van der Waals surface area (Å²) >= 11 is 0. The van der Waals surface area contributed by atoms with Crippen molar-refractivity contribution in [2.24, 2.45) is 0 Å². The first-order valence-electron chi connectivity index (χ1n) is 3.88. The highest BCUT2D eigenvalue weighted by Crippen LogP contribution is 2.00. The predicted octanol–water partition coefficient (Wildman–Crippen LogP) is 1.47. The Balaban J connectivity index is 3.76. The second-order valence-corrected chi connectivity index (χ2v) is 2.55. The van der Waals surface area contributed by atoms with Crippen LogP contribution in [0.5, 0.6) is 0 Å². The third-order valence-corrected chi connectivity index (χ3v) is 1.39. The molecule has 0 aromatic heterocycles. The topological polar surface area (TPSA) is 43.4 Å². The largest absolute Gasteiger partial charge is 0.455 e. The summed E-state index contributed by atoms with van der Waals surface area (Å²) in [7, 11) is 0. The number of carbonyl (C=O) groups is 2. The molecule has 3 nitrogen and oxygen atoms in total. The van der Waals surface area contributed by atoms with Crippen molar-refractivity contribution < 1.29 is 14.3 Å². The maximum Gasteiger partial charge on any atom is 0.303 e. The van der Waals surface area contributed by atoms with Crippen molar-refractivity contribution in [2.75, 3.05) is 0 Å². The van der Waals surface area contributed by atoms with Gasteiger partial charge in [0, 0.05) is 13.3 Å². The molecule has 1 atom stereocenters. The summed E-state index contributed by atoms with van der Waals surface area (Å²) in [5, 5.41) is 0. The van der Waals surface area contributed by atoms with Gasteiger partial charge in [0.2, 0.25) is 0 Å². The molecule has 0 radical (unpaired) electrons. The first-order valence-corrected chi connectivity index (χ1v) is 3.88. The van der Waals surface area contributed by atoms with Crippen LogP contribution in [0.3, 0.4) is 0 Å². The Morgan fingerprint density at radius 3 is 2.58 bits per heavy atom. The second kappa shape index (κ2) is 5.52. The number of rotatable bonds is 5. The van der Waals surface area contributed by atoms with Crippen molar-refractivity contribution in [3.05, 3.63) is 12.7 Å². The van der Waals surface area contributed by atoms with Crippen LogP contribution in [-0.2, 0) is 14.3 Å². The van der Waals surface area contributed by atoms with Crippen LogP contribution >= 0.6 is 0 Å². The summed E-state index contributed by atoms with van der Waals surface area (Å²) in [6.07, 6.45) is 2.06. The predicted molar refractivity (Wildman–Crippen MR) is 45.7 cm³/mol.